The van der Waals surface area contributed by atoms with Crippen LogP contribution in [0.5, 0.6) is 0 Å². The fourth-order valence-electron chi connectivity index (χ4n) is 2.99. The van der Waals surface area contributed by atoms with Crippen molar-refractivity contribution in [2.24, 2.45) is 5.41 Å². The molecule has 2 aliphatic rings. The van der Waals surface area contributed by atoms with Gasteiger partial charge < -0.3 is 15.7 Å². The minimum atomic E-state index is -0.486. The predicted molar refractivity (Wildman–Crippen MR) is 84.4 cm³/mol. The Morgan fingerprint density at radius 1 is 1.38 bits per heavy atom. The van der Waals surface area contributed by atoms with Crippen LogP contribution in [0.15, 0.2) is 30.3 Å². The fraction of sp³-hybridized carbons (Fsp3) is 0.562. The van der Waals surface area contributed by atoms with Crippen LogP contribution in [0.3, 0.4) is 0 Å². The summed E-state index contributed by atoms with van der Waals surface area (Å²) < 4.78 is 0. The normalized spacial score (nSPS) is 24.0. The van der Waals surface area contributed by atoms with Gasteiger partial charge in [0.15, 0.2) is 0 Å². The molecule has 0 radical (unpaired) electrons. The molecule has 1 aromatic rings. The first-order chi connectivity index (χ1) is 9.71. The van der Waals surface area contributed by atoms with E-state index in [9.17, 15) is 9.90 Å². The predicted octanol–water partition coefficient (Wildman–Crippen LogP) is 1.79. The minimum absolute atomic E-state index is 0. The number of aliphatic hydroxyl groups is 1. The molecule has 1 aliphatic carbocycles. The molecule has 3 rings (SSSR count). The molecule has 3 N–H and O–H groups in total. The van der Waals surface area contributed by atoms with Crippen LogP contribution in [-0.4, -0.2) is 30.1 Å². The molecule has 4 nitrogen and oxygen atoms in total. The van der Waals surface area contributed by atoms with Crippen LogP contribution in [0.1, 0.15) is 37.4 Å². The zero-order chi connectivity index (χ0) is 14.0. The van der Waals surface area contributed by atoms with E-state index < -0.39 is 6.10 Å². The molecule has 2 unspecified atom stereocenters. The zero-order valence-electron chi connectivity index (χ0n) is 12.0. The molecule has 116 valence electrons. The average molecular weight is 311 g/mol. The summed E-state index contributed by atoms with van der Waals surface area (Å²) in [5.74, 6) is 0.0778. The van der Waals surface area contributed by atoms with E-state index in [1.54, 1.807) is 0 Å². The second-order valence-corrected chi connectivity index (χ2v) is 6.04. The van der Waals surface area contributed by atoms with Gasteiger partial charge in [-0.1, -0.05) is 30.3 Å². The second kappa shape index (κ2) is 6.77. The quantitative estimate of drug-likeness (QED) is 0.777. The molecule has 1 aromatic carbocycles. The first-order valence-electron chi connectivity index (χ1n) is 7.45. The number of amides is 1. The molecule has 0 spiro atoms. The van der Waals surface area contributed by atoms with Crippen molar-refractivity contribution in [1.29, 1.82) is 0 Å². The third-order valence-corrected chi connectivity index (χ3v) is 4.58. The molecule has 1 heterocycles. The molecule has 1 saturated carbocycles. The van der Waals surface area contributed by atoms with Gasteiger partial charge in [-0.2, -0.15) is 0 Å². The summed E-state index contributed by atoms with van der Waals surface area (Å²) in [6.45, 7) is 1.50. The number of hydrogen-bond acceptors (Lipinski definition) is 3. The van der Waals surface area contributed by atoms with Gasteiger partial charge in [-0.3, -0.25) is 4.79 Å². The number of rotatable bonds is 5. The van der Waals surface area contributed by atoms with E-state index in [1.807, 2.05) is 30.3 Å². The van der Waals surface area contributed by atoms with E-state index in [1.165, 1.54) is 0 Å². The Kier molecular flexibility index (Phi) is 5.25. The van der Waals surface area contributed by atoms with Crippen LogP contribution in [0, 0.1) is 5.41 Å². The van der Waals surface area contributed by atoms with E-state index in [-0.39, 0.29) is 29.8 Å². The van der Waals surface area contributed by atoms with Crippen molar-refractivity contribution in [1.82, 2.24) is 10.6 Å². The molecule has 1 aliphatic heterocycles. The van der Waals surface area contributed by atoms with E-state index in [2.05, 4.69) is 10.6 Å². The van der Waals surface area contributed by atoms with E-state index in [0.29, 0.717) is 6.54 Å². The lowest BCUT2D eigenvalue weighted by atomic mass is 9.92. The molecule has 1 saturated heterocycles. The monoisotopic (exact) mass is 310 g/mol. The molecule has 0 aromatic heterocycles. The molecule has 2 fully saturated rings. The first-order valence-corrected chi connectivity index (χ1v) is 7.45. The number of carbonyl (C=O) groups excluding carboxylic acids is 1. The third kappa shape index (κ3) is 3.57. The Morgan fingerprint density at radius 2 is 2.10 bits per heavy atom. The number of benzene rings is 1. The third-order valence-electron chi connectivity index (χ3n) is 4.58. The van der Waals surface area contributed by atoms with Crippen LogP contribution in [0.25, 0.3) is 0 Å². The highest BCUT2D eigenvalue weighted by Crippen LogP contribution is 2.54. The van der Waals surface area contributed by atoms with Gasteiger partial charge in [0, 0.05) is 12.0 Å². The average Bonchev–Trinajstić information content (AvgIpc) is 3.08. The van der Waals surface area contributed by atoms with Crippen LogP contribution >= 0.6 is 12.4 Å². The van der Waals surface area contributed by atoms with Gasteiger partial charge in [-0.25, -0.2) is 0 Å². The highest BCUT2D eigenvalue weighted by Gasteiger charge is 2.49. The number of halogens is 1. The summed E-state index contributed by atoms with van der Waals surface area (Å²) in [7, 11) is 0. The van der Waals surface area contributed by atoms with Crippen molar-refractivity contribution >= 4 is 18.3 Å². The standard InChI is InChI=1S/C16H22N2O2.ClH/c19-14(12-5-2-1-3-6-12)16(8-9-16)11-18-15(20)13-7-4-10-17-13;/h1-3,5-6,13-14,17,19H,4,7-11H2,(H,18,20);1H. The van der Waals surface area contributed by atoms with Crippen molar-refractivity contribution in [3.8, 4) is 0 Å². The van der Waals surface area contributed by atoms with Gasteiger partial charge in [0.2, 0.25) is 5.91 Å². The molecule has 21 heavy (non-hydrogen) atoms. The number of carbonyl (C=O) groups is 1. The van der Waals surface area contributed by atoms with Crippen molar-refractivity contribution in [3.05, 3.63) is 35.9 Å². The topological polar surface area (TPSA) is 61.4 Å². The molecule has 2 atom stereocenters. The van der Waals surface area contributed by atoms with Crippen LogP contribution in [-0.2, 0) is 4.79 Å². The number of aliphatic hydroxyl groups excluding tert-OH is 1. The second-order valence-electron chi connectivity index (χ2n) is 6.04. The SMILES string of the molecule is Cl.O=C(NCC1(C(O)c2ccccc2)CC1)C1CCCN1. The largest absolute Gasteiger partial charge is 0.388 e. The van der Waals surface area contributed by atoms with Crippen LogP contribution in [0.4, 0.5) is 0 Å². The lowest BCUT2D eigenvalue weighted by molar-refractivity contribution is -0.123. The van der Waals surface area contributed by atoms with Gasteiger partial charge in [0.25, 0.3) is 0 Å². The minimum Gasteiger partial charge on any atom is -0.388 e. The van der Waals surface area contributed by atoms with Crippen LogP contribution in [0.2, 0.25) is 0 Å². The van der Waals surface area contributed by atoms with E-state index in [4.69, 9.17) is 0 Å². The molecule has 5 heteroatoms. The summed E-state index contributed by atoms with van der Waals surface area (Å²) in [5.41, 5.74) is 0.786. The van der Waals surface area contributed by atoms with Crippen molar-refractivity contribution in [2.45, 2.75) is 37.8 Å². The summed E-state index contributed by atoms with van der Waals surface area (Å²) in [5, 5.41) is 16.7. The summed E-state index contributed by atoms with van der Waals surface area (Å²) >= 11 is 0. The van der Waals surface area contributed by atoms with Crippen LogP contribution < -0.4 is 10.6 Å². The first kappa shape index (κ1) is 16.3. The van der Waals surface area contributed by atoms with Gasteiger partial charge >= 0.3 is 0 Å². The van der Waals surface area contributed by atoms with Gasteiger partial charge in [0.05, 0.1) is 12.1 Å². The Bertz CT molecular complexity index is 470. The highest BCUT2D eigenvalue weighted by atomic mass is 35.5. The van der Waals surface area contributed by atoms with Gasteiger partial charge in [-0.05, 0) is 37.8 Å². The van der Waals surface area contributed by atoms with Crippen molar-refractivity contribution in [3.63, 3.8) is 0 Å². The Labute approximate surface area is 131 Å². The van der Waals surface area contributed by atoms with Crippen molar-refractivity contribution in [2.75, 3.05) is 13.1 Å². The van der Waals surface area contributed by atoms with Crippen molar-refractivity contribution < 1.29 is 9.90 Å². The molecular formula is C16H23ClN2O2. The maximum absolute atomic E-state index is 12.0. The zero-order valence-corrected chi connectivity index (χ0v) is 12.9. The Morgan fingerprint density at radius 3 is 2.67 bits per heavy atom. The number of hydrogen-bond donors (Lipinski definition) is 3. The number of nitrogens with one attached hydrogen (secondary N) is 2. The lowest BCUT2D eigenvalue weighted by Gasteiger charge is -2.24. The maximum Gasteiger partial charge on any atom is 0.237 e. The molecular weight excluding hydrogens is 288 g/mol. The summed E-state index contributed by atoms with van der Waals surface area (Å²) in [4.78, 5) is 12.0. The summed E-state index contributed by atoms with van der Waals surface area (Å²) in [6, 6.07) is 9.69. The lowest BCUT2D eigenvalue weighted by Crippen LogP contribution is -2.43. The highest BCUT2D eigenvalue weighted by molar-refractivity contribution is 5.85. The molecule has 1 amide bonds. The Hall–Kier alpha value is -1.10. The van der Waals surface area contributed by atoms with Gasteiger partial charge in [-0.15, -0.1) is 12.4 Å². The van der Waals surface area contributed by atoms with Gasteiger partial charge in [0.1, 0.15) is 0 Å². The van der Waals surface area contributed by atoms with E-state index >= 15 is 0 Å². The van der Waals surface area contributed by atoms with E-state index in [0.717, 1.165) is 37.8 Å². The summed E-state index contributed by atoms with van der Waals surface area (Å²) in [6.07, 6.45) is 3.44. The smallest absolute Gasteiger partial charge is 0.237 e. The maximum atomic E-state index is 12.0. The molecule has 0 bridgehead atoms. The fourth-order valence-corrected chi connectivity index (χ4v) is 2.99. The Balaban J connectivity index is 0.00000161.